The maximum Gasteiger partial charge on any atom is 0.261 e. The Morgan fingerprint density at radius 1 is 1.06 bits per heavy atom. The quantitative estimate of drug-likeness (QED) is 0.549. The van der Waals surface area contributed by atoms with Crippen molar-refractivity contribution in [3.63, 3.8) is 0 Å². The average molecular weight is 498 g/mol. The third kappa shape index (κ3) is 6.70. The van der Waals surface area contributed by atoms with Gasteiger partial charge in [-0.3, -0.25) is 14.4 Å². The lowest BCUT2D eigenvalue weighted by Gasteiger charge is -2.35. The number of nitrogens with zero attached hydrogens (tertiary/aromatic N) is 1. The molecule has 2 aromatic rings. The summed E-state index contributed by atoms with van der Waals surface area (Å²) in [6, 6.07) is 10.6. The van der Waals surface area contributed by atoms with Gasteiger partial charge in [0.05, 0.1) is 17.5 Å². The van der Waals surface area contributed by atoms with Gasteiger partial charge in [-0.05, 0) is 55.2 Å². The number of thiophene rings is 1. The molecule has 2 atom stereocenters. The molecule has 1 saturated heterocycles. The molecular weight excluding hydrogens is 462 g/mol. The Balaban J connectivity index is 1.59. The number of amides is 3. The fourth-order valence-corrected chi connectivity index (χ4v) is 5.62. The maximum atomic E-state index is 13.8. The molecule has 1 aliphatic carbocycles. The summed E-state index contributed by atoms with van der Waals surface area (Å²) in [5.41, 5.74) is 1.75. The molecule has 8 heteroatoms. The van der Waals surface area contributed by atoms with Gasteiger partial charge < -0.3 is 20.3 Å². The predicted molar refractivity (Wildman–Crippen MR) is 136 cm³/mol. The summed E-state index contributed by atoms with van der Waals surface area (Å²) in [7, 11) is 0. The van der Waals surface area contributed by atoms with Crippen molar-refractivity contribution in [1.29, 1.82) is 0 Å². The van der Waals surface area contributed by atoms with Crippen LogP contribution in [-0.4, -0.2) is 54.5 Å². The monoisotopic (exact) mass is 497 g/mol. The lowest BCUT2D eigenvalue weighted by molar-refractivity contribution is -0.142. The van der Waals surface area contributed by atoms with Crippen LogP contribution in [0.2, 0.25) is 0 Å². The second-order valence-corrected chi connectivity index (χ2v) is 10.4. The fourth-order valence-electron chi connectivity index (χ4n) is 4.98. The number of aryl methyl sites for hydroxylation is 1. The summed E-state index contributed by atoms with van der Waals surface area (Å²) in [5.74, 6) is -0.746. The molecule has 1 saturated carbocycles. The van der Waals surface area contributed by atoms with E-state index < -0.39 is 6.04 Å². The van der Waals surface area contributed by atoms with Gasteiger partial charge in [-0.1, -0.05) is 49.6 Å². The molecule has 2 aliphatic rings. The van der Waals surface area contributed by atoms with Crippen molar-refractivity contribution in [2.24, 2.45) is 0 Å². The van der Waals surface area contributed by atoms with E-state index in [9.17, 15) is 14.4 Å². The van der Waals surface area contributed by atoms with Gasteiger partial charge in [0.1, 0.15) is 6.04 Å². The third-order valence-corrected chi connectivity index (χ3v) is 7.75. The zero-order valence-electron chi connectivity index (χ0n) is 20.3. The topological polar surface area (TPSA) is 87.7 Å². The number of ether oxygens (including phenoxy) is 1. The van der Waals surface area contributed by atoms with E-state index in [4.69, 9.17) is 4.74 Å². The third-order valence-electron chi connectivity index (χ3n) is 6.88. The molecule has 35 heavy (non-hydrogen) atoms. The predicted octanol–water partition coefficient (Wildman–Crippen LogP) is 3.98. The summed E-state index contributed by atoms with van der Waals surface area (Å²) < 4.78 is 5.85. The van der Waals surface area contributed by atoms with Crippen molar-refractivity contribution in [3.8, 4) is 0 Å². The molecule has 1 aromatic heterocycles. The Morgan fingerprint density at radius 2 is 1.86 bits per heavy atom. The van der Waals surface area contributed by atoms with E-state index in [1.807, 2.05) is 36.6 Å². The summed E-state index contributed by atoms with van der Waals surface area (Å²) in [4.78, 5) is 42.0. The van der Waals surface area contributed by atoms with E-state index in [1.165, 1.54) is 17.8 Å². The van der Waals surface area contributed by atoms with E-state index in [1.54, 1.807) is 17.0 Å². The summed E-state index contributed by atoms with van der Waals surface area (Å²) in [6.45, 7) is 2.75. The zero-order valence-corrected chi connectivity index (χ0v) is 21.1. The minimum atomic E-state index is -0.784. The lowest BCUT2D eigenvalue weighted by atomic mass is 9.94. The van der Waals surface area contributed by atoms with Crippen LogP contribution in [0.1, 0.15) is 71.8 Å². The van der Waals surface area contributed by atoms with Crippen molar-refractivity contribution in [2.75, 3.05) is 19.7 Å². The molecule has 188 valence electrons. The van der Waals surface area contributed by atoms with Crippen LogP contribution >= 0.6 is 11.3 Å². The van der Waals surface area contributed by atoms with Crippen LogP contribution in [0.4, 0.5) is 0 Å². The first kappa shape index (κ1) is 25.4. The van der Waals surface area contributed by atoms with Crippen molar-refractivity contribution in [1.82, 2.24) is 15.5 Å². The summed E-state index contributed by atoms with van der Waals surface area (Å²) in [6.07, 6.45) is 6.98. The number of hydrogen-bond donors (Lipinski definition) is 2. The molecule has 4 rings (SSSR count). The Bertz CT molecular complexity index is 998. The maximum absolute atomic E-state index is 13.8. The molecule has 2 fully saturated rings. The minimum absolute atomic E-state index is 0.124. The molecule has 2 unspecified atom stereocenters. The van der Waals surface area contributed by atoms with E-state index in [0.717, 1.165) is 49.7 Å². The Morgan fingerprint density at radius 3 is 2.54 bits per heavy atom. The molecule has 0 spiro atoms. The van der Waals surface area contributed by atoms with Gasteiger partial charge in [0.15, 0.2) is 0 Å². The van der Waals surface area contributed by atoms with Crippen LogP contribution in [-0.2, 0) is 14.3 Å². The molecular formula is C27H35N3O4S. The van der Waals surface area contributed by atoms with Crippen LogP contribution in [0.5, 0.6) is 0 Å². The number of rotatable bonds is 9. The van der Waals surface area contributed by atoms with E-state index in [-0.39, 0.29) is 36.4 Å². The molecule has 0 bridgehead atoms. The Kier molecular flexibility index (Phi) is 8.93. The number of nitrogens with one attached hydrogen (secondary N) is 2. The van der Waals surface area contributed by atoms with Gasteiger partial charge in [0, 0.05) is 19.2 Å². The number of carbonyl (C=O) groups excluding carboxylic acids is 3. The molecule has 2 N–H and O–H groups in total. The first-order chi connectivity index (χ1) is 17.0. The van der Waals surface area contributed by atoms with Gasteiger partial charge in [0.25, 0.3) is 5.91 Å². The highest BCUT2D eigenvalue weighted by atomic mass is 32.1. The normalized spacial score (nSPS) is 19.2. The fraction of sp³-hybridized carbons (Fsp3) is 0.519. The van der Waals surface area contributed by atoms with E-state index >= 15 is 0 Å². The molecule has 7 nitrogen and oxygen atoms in total. The number of benzene rings is 1. The van der Waals surface area contributed by atoms with Gasteiger partial charge in [0.2, 0.25) is 11.8 Å². The molecule has 1 aromatic carbocycles. The number of hydrogen-bond acceptors (Lipinski definition) is 5. The van der Waals surface area contributed by atoms with Crippen molar-refractivity contribution >= 4 is 29.1 Å². The first-order valence-corrected chi connectivity index (χ1v) is 13.5. The highest BCUT2D eigenvalue weighted by Crippen LogP contribution is 2.28. The van der Waals surface area contributed by atoms with Crippen LogP contribution in [0.25, 0.3) is 0 Å². The SMILES string of the molecule is Cc1ccccc1C(C(=O)NC1CCCCC1)N(CC1CCCO1)C(=O)CNC(=O)c1cccs1. The van der Waals surface area contributed by atoms with Gasteiger partial charge >= 0.3 is 0 Å². The second kappa shape index (κ2) is 12.3. The minimum Gasteiger partial charge on any atom is -0.376 e. The molecule has 1 aliphatic heterocycles. The van der Waals surface area contributed by atoms with Gasteiger partial charge in [-0.25, -0.2) is 0 Å². The number of carbonyl (C=O) groups is 3. The average Bonchev–Trinajstić information content (AvgIpc) is 3.58. The van der Waals surface area contributed by atoms with E-state index in [0.29, 0.717) is 18.0 Å². The van der Waals surface area contributed by atoms with E-state index in [2.05, 4.69) is 10.6 Å². The van der Waals surface area contributed by atoms with Crippen LogP contribution in [0.15, 0.2) is 41.8 Å². The zero-order chi connectivity index (χ0) is 24.6. The highest BCUT2D eigenvalue weighted by Gasteiger charge is 2.36. The molecule has 3 amide bonds. The smallest absolute Gasteiger partial charge is 0.261 e. The first-order valence-electron chi connectivity index (χ1n) is 12.6. The van der Waals surface area contributed by atoms with Crippen molar-refractivity contribution < 1.29 is 19.1 Å². The Hall–Kier alpha value is -2.71. The van der Waals surface area contributed by atoms with Gasteiger partial charge in [-0.15, -0.1) is 11.3 Å². The largest absolute Gasteiger partial charge is 0.376 e. The van der Waals surface area contributed by atoms with Crippen molar-refractivity contribution in [2.45, 2.75) is 70.1 Å². The lowest BCUT2D eigenvalue weighted by Crippen LogP contribution is -2.51. The standard InChI is InChI=1S/C27H35N3O4S/c1-19-9-5-6-13-22(19)25(27(33)29-20-10-3-2-4-11-20)30(18-21-12-7-15-34-21)24(31)17-28-26(32)23-14-8-16-35-23/h5-6,8-9,13-14,16,20-21,25H,2-4,7,10-12,15,17-18H2,1H3,(H,28,32)(H,29,33). The van der Waals surface area contributed by atoms with Crippen LogP contribution in [0, 0.1) is 6.92 Å². The Labute approximate surface area is 211 Å². The highest BCUT2D eigenvalue weighted by molar-refractivity contribution is 7.12. The summed E-state index contributed by atoms with van der Waals surface area (Å²) >= 11 is 1.33. The molecule has 2 heterocycles. The molecule has 0 radical (unpaired) electrons. The van der Waals surface area contributed by atoms with Gasteiger partial charge in [-0.2, -0.15) is 0 Å². The second-order valence-electron chi connectivity index (χ2n) is 9.44. The van der Waals surface area contributed by atoms with Crippen LogP contribution < -0.4 is 10.6 Å². The van der Waals surface area contributed by atoms with Crippen LogP contribution in [0.3, 0.4) is 0 Å². The van der Waals surface area contributed by atoms with Crippen molar-refractivity contribution in [3.05, 3.63) is 57.8 Å². The summed E-state index contributed by atoms with van der Waals surface area (Å²) in [5, 5.41) is 7.80.